The zero-order valence-electron chi connectivity index (χ0n) is 7.04. The maximum Gasteiger partial charge on any atom is 0.176 e. The monoisotopic (exact) mass is 154 g/mol. The normalized spacial score (nSPS) is 40.5. The van der Waals surface area contributed by atoms with Crippen molar-refractivity contribution < 1.29 is 9.47 Å². The smallest absolute Gasteiger partial charge is 0.176 e. The standard InChI is InChI=1S/C9H14O2/c1-7-8(2)11-9(10-7)5-3-4-6-9/h3-4,7-8H,5-6H2,1-2H3/t7-,8-/m1/s1. The summed E-state index contributed by atoms with van der Waals surface area (Å²) in [6, 6.07) is 0. The van der Waals surface area contributed by atoms with Gasteiger partial charge in [-0.2, -0.15) is 0 Å². The van der Waals surface area contributed by atoms with Gasteiger partial charge in [0.05, 0.1) is 12.2 Å². The molecule has 0 unspecified atom stereocenters. The van der Waals surface area contributed by atoms with Crippen LogP contribution in [0.5, 0.6) is 0 Å². The van der Waals surface area contributed by atoms with Gasteiger partial charge in [0.1, 0.15) is 0 Å². The van der Waals surface area contributed by atoms with E-state index in [1.54, 1.807) is 0 Å². The minimum Gasteiger partial charge on any atom is -0.344 e. The van der Waals surface area contributed by atoms with Crippen molar-refractivity contribution in [2.45, 2.75) is 44.7 Å². The molecule has 0 amide bonds. The first-order valence-electron chi connectivity index (χ1n) is 4.22. The number of hydrogen-bond donors (Lipinski definition) is 0. The third-order valence-corrected chi connectivity index (χ3v) is 2.49. The van der Waals surface area contributed by atoms with Crippen LogP contribution in [0.25, 0.3) is 0 Å². The van der Waals surface area contributed by atoms with E-state index < -0.39 is 0 Å². The first-order valence-corrected chi connectivity index (χ1v) is 4.22. The summed E-state index contributed by atoms with van der Waals surface area (Å²) in [6.07, 6.45) is 6.59. The molecule has 2 nitrogen and oxygen atoms in total. The Hall–Kier alpha value is -0.340. The molecule has 0 aromatic carbocycles. The molecular weight excluding hydrogens is 140 g/mol. The lowest BCUT2D eigenvalue weighted by molar-refractivity contribution is -0.162. The van der Waals surface area contributed by atoms with E-state index in [1.165, 1.54) is 0 Å². The van der Waals surface area contributed by atoms with Gasteiger partial charge in [-0.3, -0.25) is 0 Å². The van der Waals surface area contributed by atoms with Gasteiger partial charge in [-0.05, 0) is 13.8 Å². The van der Waals surface area contributed by atoms with Crippen LogP contribution in [0.2, 0.25) is 0 Å². The fourth-order valence-electron chi connectivity index (χ4n) is 1.70. The molecule has 0 bridgehead atoms. The lowest BCUT2D eigenvalue weighted by Crippen LogP contribution is -2.26. The molecule has 0 aromatic heterocycles. The average molecular weight is 154 g/mol. The van der Waals surface area contributed by atoms with E-state index in [0.717, 1.165) is 12.8 Å². The van der Waals surface area contributed by atoms with Gasteiger partial charge >= 0.3 is 0 Å². The molecule has 0 N–H and O–H groups in total. The van der Waals surface area contributed by atoms with Gasteiger partial charge in [0.15, 0.2) is 5.79 Å². The topological polar surface area (TPSA) is 18.5 Å². The van der Waals surface area contributed by atoms with Crippen LogP contribution in [0.4, 0.5) is 0 Å². The Morgan fingerprint density at radius 2 is 1.55 bits per heavy atom. The number of hydrogen-bond acceptors (Lipinski definition) is 2. The van der Waals surface area contributed by atoms with Crippen LogP contribution in [0.3, 0.4) is 0 Å². The minimum absolute atomic E-state index is 0.245. The van der Waals surface area contributed by atoms with Crippen molar-refractivity contribution in [3.8, 4) is 0 Å². The molecule has 62 valence electrons. The molecule has 1 heterocycles. The SMILES string of the molecule is C[C@H]1OC2(CC=CC2)O[C@@H]1C. The fraction of sp³-hybridized carbons (Fsp3) is 0.778. The first kappa shape index (κ1) is 7.32. The molecule has 2 rings (SSSR count). The Morgan fingerprint density at radius 1 is 1.09 bits per heavy atom. The predicted molar refractivity (Wildman–Crippen MR) is 42.2 cm³/mol. The second kappa shape index (κ2) is 2.32. The van der Waals surface area contributed by atoms with Gasteiger partial charge in [0.2, 0.25) is 0 Å². The van der Waals surface area contributed by atoms with Gasteiger partial charge in [0, 0.05) is 12.8 Å². The zero-order chi connectivity index (χ0) is 7.90. The summed E-state index contributed by atoms with van der Waals surface area (Å²) >= 11 is 0. The minimum atomic E-state index is -0.279. The Morgan fingerprint density at radius 3 is 2.00 bits per heavy atom. The molecule has 2 heteroatoms. The van der Waals surface area contributed by atoms with Crippen molar-refractivity contribution in [1.82, 2.24) is 0 Å². The Labute approximate surface area is 67.2 Å². The van der Waals surface area contributed by atoms with E-state index >= 15 is 0 Å². The van der Waals surface area contributed by atoms with Crippen LogP contribution in [0, 0.1) is 0 Å². The summed E-state index contributed by atoms with van der Waals surface area (Å²) < 4.78 is 11.5. The summed E-state index contributed by atoms with van der Waals surface area (Å²) in [5.74, 6) is -0.279. The van der Waals surface area contributed by atoms with Crippen LogP contribution >= 0.6 is 0 Å². The van der Waals surface area contributed by atoms with E-state index in [0.29, 0.717) is 0 Å². The molecule has 2 aliphatic rings. The zero-order valence-corrected chi connectivity index (χ0v) is 7.04. The van der Waals surface area contributed by atoms with Crippen molar-refractivity contribution in [2.24, 2.45) is 0 Å². The highest BCUT2D eigenvalue weighted by Gasteiger charge is 2.43. The molecule has 0 saturated carbocycles. The Kier molecular flexibility index (Phi) is 1.55. The van der Waals surface area contributed by atoms with Crippen LogP contribution in [-0.4, -0.2) is 18.0 Å². The molecular formula is C9H14O2. The second-order valence-electron chi connectivity index (χ2n) is 3.44. The summed E-state index contributed by atoms with van der Waals surface area (Å²) in [5, 5.41) is 0. The van der Waals surface area contributed by atoms with Gasteiger partial charge in [-0.1, -0.05) is 12.2 Å². The van der Waals surface area contributed by atoms with E-state index in [1.807, 2.05) is 0 Å². The summed E-state index contributed by atoms with van der Waals surface area (Å²) in [7, 11) is 0. The molecule has 0 radical (unpaired) electrons. The fourth-order valence-corrected chi connectivity index (χ4v) is 1.70. The van der Waals surface area contributed by atoms with E-state index in [2.05, 4.69) is 26.0 Å². The van der Waals surface area contributed by atoms with Crippen molar-refractivity contribution in [3.63, 3.8) is 0 Å². The van der Waals surface area contributed by atoms with Crippen LogP contribution < -0.4 is 0 Å². The van der Waals surface area contributed by atoms with E-state index in [4.69, 9.17) is 9.47 Å². The molecule has 11 heavy (non-hydrogen) atoms. The molecule has 1 aliphatic heterocycles. The summed E-state index contributed by atoms with van der Waals surface area (Å²) in [6.45, 7) is 4.13. The van der Waals surface area contributed by atoms with Crippen LogP contribution in [0.15, 0.2) is 12.2 Å². The predicted octanol–water partition coefficient (Wildman–Crippen LogP) is 1.86. The third kappa shape index (κ3) is 1.10. The van der Waals surface area contributed by atoms with Gasteiger partial charge in [0.25, 0.3) is 0 Å². The van der Waals surface area contributed by atoms with Crippen molar-refractivity contribution in [2.75, 3.05) is 0 Å². The summed E-state index contributed by atoms with van der Waals surface area (Å²) in [5.41, 5.74) is 0. The molecule has 1 spiro atoms. The molecule has 0 aromatic rings. The maximum absolute atomic E-state index is 5.74. The Balaban J connectivity index is 2.08. The van der Waals surface area contributed by atoms with E-state index in [-0.39, 0.29) is 18.0 Å². The van der Waals surface area contributed by atoms with Crippen molar-refractivity contribution in [3.05, 3.63) is 12.2 Å². The van der Waals surface area contributed by atoms with Crippen molar-refractivity contribution >= 4 is 0 Å². The largest absolute Gasteiger partial charge is 0.344 e. The van der Waals surface area contributed by atoms with Gasteiger partial charge in [-0.15, -0.1) is 0 Å². The highest BCUT2D eigenvalue weighted by Crippen LogP contribution is 2.37. The van der Waals surface area contributed by atoms with Gasteiger partial charge in [-0.25, -0.2) is 0 Å². The maximum atomic E-state index is 5.74. The molecule has 1 fully saturated rings. The number of rotatable bonds is 0. The van der Waals surface area contributed by atoms with Crippen LogP contribution in [0.1, 0.15) is 26.7 Å². The summed E-state index contributed by atoms with van der Waals surface area (Å²) in [4.78, 5) is 0. The average Bonchev–Trinajstić information content (AvgIpc) is 2.46. The second-order valence-corrected chi connectivity index (χ2v) is 3.44. The Bertz CT molecular complexity index is 166. The molecule has 2 atom stereocenters. The highest BCUT2D eigenvalue weighted by atomic mass is 16.8. The quantitative estimate of drug-likeness (QED) is 0.496. The van der Waals surface area contributed by atoms with E-state index in [9.17, 15) is 0 Å². The molecule has 1 saturated heterocycles. The van der Waals surface area contributed by atoms with Crippen LogP contribution in [-0.2, 0) is 9.47 Å². The highest BCUT2D eigenvalue weighted by molar-refractivity contribution is 5.03. The third-order valence-electron chi connectivity index (χ3n) is 2.49. The lowest BCUT2D eigenvalue weighted by atomic mass is 10.2. The lowest BCUT2D eigenvalue weighted by Gasteiger charge is -2.21. The van der Waals surface area contributed by atoms with Gasteiger partial charge < -0.3 is 9.47 Å². The number of ether oxygens (including phenoxy) is 2. The molecule has 1 aliphatic carbocycles. The van der Waals surface area contributed by atoms with Crippen molar-refractivity contribution in [1.29, 1.82) is 0 Å². The first-order chi connectivity index (χ1) is 5.22.